The predicted molar refractivity (Wildman–Crippen MR) is 130 cm³/mol. The van der Waals surface area contributed by atoms with Gasteiger partial charge in [0.25, 0.3) is 17.4 Å². The van der Waals surface area contributed by atoms with Crippen LogP contribution in [0.15, 0.2) is 65.5 Å². The van der Waals surface area contributed by atoms with Gasteiger partial charge >= 0.3 is 0 Å². The summed E-state index contributed by atoms with van der Waals surface area (Å²) in [4.78, 5) is 49.0. The number of amides is 2. The highest BCUT2D eigenvalue weighted by Gasteiger charge is 2.18. The fourth-order valence-electron chi connectivity index (χ4n) is 3.18. The molecule has 0 fully saturated rings. The molecule has 2 aromatic heterocycles. The molecule has 0 aliphatic heterocycles. The number of H-pyrrole nitrogens is 1. The Morgan fingerprint density at radius 3 is 2.44 bits per heavy atom. The third kappa shape index (κ3) is 5.54. The number of benzene rings is 2. The molecule has 10 heteroatoms. The maximum absolute atomic E-state index is 12.8. The molecule has 2 amide bonds. The molecule has 0 saturated carbocycles. The minimum atomic E-state index is -0.592. The minimum Gasteiger partial charge on any atom is -0.497 e. The Morgan fingerprint density at radius 1 is 1.00 bits per heavy atom. The lowest BCUT2D eigenvalue weighted by molar-refractivity contribution is 0.101. The fraction of sp³-hybridized carbons (Fsp3) is 0.125. The summed E-state index contributed by atoms with van der Waals surface area (Å²) in [6, 6.07) is 17.5. The highest BCUT2D eigenvalue weighted by molar-refractivity contribution is 7.17. The summed E-state index contributed by atoms with van der Waals surface area (Å²) >= 11 is 1.04. The lowest BCUT2D eigenvalue weighted by atomic mass is 10.1. The van der Waals surface area contributed by atoms with Crippen molar-refractivity contribution in [2.45, 2.75) is 13.3 Å². The van der Waals surface area contributed by atoms with Gasteiger partial charge in [0.1, 0.15) is 22.1 Å². The molecule has 0 aliphatic carbocycles. The number of hydrogen-bond acceptors (Lipinski definition) is 7. The summed E-state index contributed by atoms with van der Waals surface area (Å²) in [5.74, 6) is 0.151. The van der Waals surface area contributed by atoms with Gasteiger partial charge in [0, 0.05) is 18.2 Å². The van der Waals surface area contributed by atoms with E-state index in [4.69, 9.17) is 4.74 Å². The quantitative estimate of drug-likeness (QED) is 0.375. The van der Waals surface area contributed by atoms with Crippen molar-refractivity contribution in [1.29, 1.82) is 0 Å². The number of hydrogen-bond donors (Lipinski definition) is 3. The Hall–Kier alpha value is -4.31. The standard InChI is InChI=1S/C24H21N5O4S/c1-14-21(23(32)26-16-6-4-3-5-7-16)34-24(25-14)29-22(31)18-13-20(30)28-19(27-18)12-15-8-10-17(33-2)11-9-15/h3-11,13H,12H2,1-2H3,(H,26,32)(H,25,29,31)(H,27,28,30). The molecule has 0 saturated heterocycles. The van der Waals surface area contributed by atoms with Crippen LogP contribution in [0.1, 0.15) is 37.2 Å². The van der Waals surface area contributed by atoms with Gasteiger partial charge in [0.15, 0.2) is 5.13 Å². The van der Waals surface area contributed by atoms with Crippen LogP contribution < -0.4 is 20.9 Å². The van der Waals surface area contributed by atoms with Crippen molar-refractivity contribution in [3.8, 4) is 5.75 Å². The maximum Gasteiger partial charge on any atom is 0.276 e. The fourth-order valence-corrected chi connectivity index (χ4v) is 4.03. The molecule has 3 N–H and O–H groups in total. The van der Waals surface area contributed by atoms with Gasteiger partial charge in [-0.15, -0.1) is 0 Å². The number of nitrogens with one attached hydrogen (secondary N) is 3. The van der Waals surface area contributed by atoms with Crippen LogP contribution in [0.25, 0.3) is 0 Å². The van der Waals surface area contributed by atoms with Crippen LogP contribution in [-0.4, -0.2) is 33.9 Å². The molecule has 9 nitrogen and oxygen atoms in total. The zero-order chi connectivity index (χ0) is 24.1. The molecular formula is C24H21N5O4S. The topological polar surface area (TPSA) is 126 Å². The van der Waals surface area contributed by atoms with Gasteiger partial charge in [0.2, 0.25) is 0 Å². The monoisotopic (exact) mass is 475 g/mol. The van der Waals surface area contributed by atoms with Crippen LogP contribution in [-0.2, 0) is 6.42 Å². The number of ether oxygens (including phenoxy) is 1. The average molecular weight is 476 g/mol. The molecule has 0 unspecified atom stereocenters. The molecule has 172 valence electrons. The van der Waals surface area contributed by atoms with E-state index >= 15 is 0 Å². The lowest BCUT2D eigenvalue weighted by Crippen LogP contribution is -2.20. The minimum absolute atomic E-state index is 0.0459. The number of nitrogens with zero attached hydrogens (tertiary/aromatic N) is 2. The van der Waals surface area contributed by atoms with Gasteiger partial charge in [-0.2, -0.15) is 0 Å². The Kier molecular flexibility index (Phi) is 6.79. The van der Waals surface area contributed by atoms with Gasteiger partial charge in [-0.05, 0) is 36.8 Å². The average Bonchev–Trinajstić information content (AvgIpc) is 3.19. The summed E-state index contributed by atoms with van der Waals surface area (Å²) in [5.41, 5.74) is 1.54. The number of rotatable bonds is 7. The van der Waals surface area contributed by atoms with E-state index in [2.05, 4.69) is 25.6 Å². The Bertz CT molecular complexity index is 1380. The van der Waals surface area contributed by atoms with Crippen molar-refractivity contribution in [3.05, 3.63) is 98.7 Å². The molecular weight excluding hydrogens is 454 g/mol. The Morgan fingerprint density at radius 2 is 1.74 bits per heavy atom. The number of aromatic amines is 1. The summed E-state index contributed by atoms with van der Waals surface area (Å²) < 4.78 is 5.14. The number of para-hydroxylation sites is 1. The molecule has 4 rings (SSSR count). The van der Waals surface area contributed by atoms with E-state index in [0.717, 1.165) is 23.0 Å². The van der Waals surface area contributed by atoms with Crippen LogP contribution in [0.3, 0.4) is 0 Å². The summed E-state index contributed by atoms with van der Waals surface area (Å²) in [6.45, 7) is 1.69. The number of carbonyl (C=O) groups is 2. The van der Waals surface area contributed by atoms with Crippen molar-refractivity contribution in [1.82, 2.24) is 15.0 Å². The number of aromatic nitrogens is 3. The van der Waals surface area contributed by atoms with Gasteiger partial charge in [-0.1, -0.05) is 41.7 Å². The zero-order valence-corrected chi connectivity index (χ0v) is 19.2. The predicted octanol–water partition coefficient (Wildman–Crippen LogP) is 3.64. The summed E-state index contributed by atoms with van der Waals surface area (Å²) in [5, 5.41) is 5.66. The zero-order valence-electron chi connectivity index (χ0n) is 18.4. The van der Waals surface area contributed by atoms with Gasteiger partial charge < -0.3 is 15.0 Å². The van der Waals surface area contributed by atoms with Crippen molar-refractivity contribution in [3.63, 3.8) is 0 Å². The van der Waals surface area contributed by atoms with E-state index in [1.807, 2.05) is 30.3 Å². The first-order valence-electron chi connectivity index (χ1n) is 10.3. The van der Waals surface area contributed by atoms with Gasteiger partial charge in [0.05, 0.1) is 12.8 Å². The molecule has 4 aromatic rings. The second-order valence-corrected chi connectivity index (χ2v) is 8.31. The van der Waals surface area contributed by atoms with Crippen LogP contribution in [0.2, 0.25) is 0 Å². The molecule has 2 aromatic carbocycles. The van der Waals surface area contributed by atoms with Crippen LogP contribution in [0, 0.1) is 6.92 Å². The van der Waals surface area contributed by atoms with Crippen LogP contribution >= 0.6 is 11.3 Å². The molecule has 0 aliphatic rings. The number of carbonyl (C=O) groups excluding carboxylic acids is 2. The van der Waals surface area contributed by atoms with Crippen LogP contribution in [0.5, 0.6) is 5.75 Å². The molecule has 0 bridgehead atoms. The van der Waals surface area contributed by atoms with E-state index in [9.17, 15) is 14.4 Å². The molecule has 0 radical (unpaired) electrons. The normalized spacial score (nSPS) is 10.5. The lowest BCUT2D eigenvalue weighted by Gasteiger charge is -2.06. The molecule has 2 heterocycles. The first-order valence-corrected chi connectivity index (χ1v) is 11.1. The van der Waals surface area contributed by atoms with E-state index in [-0.39, 0.29) is 16.7 Å². The smallest absolute Gasteiger partial charge is 0.276 e. The third-order valence-electron chi connectivity index (χ3n) is 4.81. The van der Waals surface area contributed by atoms with Crippen molar-refractivity contribution in [2.24, 2.45) is 0 Å². The van der Waals surface area contributed by atoms with E-state index in [1.165, 1.54) is 0 Å². The summed E-state index contributed by atoms with van der Waals surface area (Å²) in [6.07, 6.45) is 0.334. The number of aryl methyl sites for hydroxylation is 1. The second kappa shape index (κ2) is 10.1. The third-order valence-corrected chi connectivity index (χ3v) is 5.88. The van der Waals surface area contributed by atoms with Crippen molar-refractivity contribution >= 4 is 34.0 Å². The Balaban J connectivity index is 1.47. The first kappa shape index (κ1) is 22.9. The summed E-state index contributed by atoms with van der Waals surface area (Å²) in [7, 11) is 1.58. The van der Waals surface area contributed by atoms with E-state index < -0.39 is 11.5 Å². The SMILES string of the molecule is COc1ccc(Cc2nc(C(=O)Nc3nc(C)c(C(=O)Nc4ccccc4)s3)cc(=O)[nH]2)cc1. The van der Waals surface area contributed by atoms with Crippen molar-refractivity contribution in [2.75, 3.05) is 17.7 Å². The van der Waals surface area contributed by atoms with Gasteiger partial charge in [-0.3, -0.25) is 19.7 Å². The number of methoxy groups -OCH3 is 1. The molecule has 0 atom stereocenters. The largest absolute Gasteiger partial charge is 0.497 e. The maximum atomic E-state index is 12.8. The van der Waals surface area contributed by atoms with Gasteiger partial charge in [-0.25, -0.2) is 9.97 Å². The second-order valence-electron chi connectivity index (χ2n) is 7.31. The van der Waals surface area contributed by atoms with Crippen LogP contribution in [0.4, 0.5) is 10.8 Å². The number of thiazole rings is 1. The first-order chi connectivity index (χ1) is 16.4. The highest BCUT2D eigenvalue weighted by atomic mass is 32.1. The van der Waals surface area contributed by atoms with Crippen molar-refractivity contribution < 1.29 is 14.3 Å². The molecule has 34 heavy (non-hydrogen) atoms. The van der Waals surface area contributed by atoms with E-state index in [0.29, 0.717) is 34.3 Å². The Labute approximate surface area is 198 Å². The number of anilines is 2. The molecule has 0 spiro atoms. The highest BCUT2D eigenvalue weighted by Crippen LogP contribution is 2.24. The van der Waals surface area contributed by atoms with E-state index in [1.54, 1.807) is 38.3 Å².